The van der Waals surface area contributed by atoms with Gasteiger partial charge in [0.1, 0.15) is 23.7 Å². The first-order valence-electron chi connectivity index (χ1n) is 11.0. The molecule has 0 aromatic carbocycles. The summed E-state index contributed by atoms with van der Waals surface area (Å²) in [6.07, 6.45) is -1.57. The van der Waals surface area contributed by atoms with Crippen LogP contribution >= 0.6 is 0 Å². The second-order valence-electron chi connectivity index (χ2n) is 9.00. The summed E-state index contributed by atoms with van der Waals surface area (Å²) in [6.45, 7) is 3.63. The maximum atomic E-state index is 13.1. The Labute approximate surface area is 191 Å². The van der Waals surface area contributed by atoms with E-state index in [0.717, 1.165) is 23.9 Å². The summed E-state index contributed by atoms with van der Waals surface area (Å²) >= 11 is 0. The molecule has 182 valence electrons. The van der Waals surface area contributed by atoms with Crippen LogP contribution in [-0.4, -0.2) is 62.3 Å². The van der Waals surface area contributed by atoms with E-state index in [1.54, 1.807) is 12.3 Å². The van der Waals surface area contributed by atoms with Gasteiger partial charge in [0.15, 0.2) is 5.65 Å². The van der Waals surface area contributed by atoms with Crippen LogP contribution in [0, 0.1) is 12.3 Å². The van der Waals surface area contributed by atoms with Gasteiger partial charge in [0, 0.05) is 37.9 Å². The van der Waals surface area contributed by atoms with Gasteiger partial charge in [-0.15, -0.1) is 0 Å². The van der Waals surface area contributed by atoms with E-state index in [2.05, 4.69) is 29.9 Å². The van der Waals surface area contributed by atoms with Crippen molar-refractivity contribution in [2.24, 2.45) is 5.41 Å². The van der Waals surface area contributed by atoms with Crippen molar-refractivity contribution in [1.29, 1.82) is 0 Å². The van der Waals surface area contributed by atoms with Gasteiger partial charge in [-0.05, 0) is 31.6 Å². The Morgan fingerprint density at radius 1 is 0.971 bits per heavy atom. The maximum absolute atomic E-state index is 13.1. The van der Waals surface area contributed by atoms with Crippen LogP contribution in [0.25, 0.3) is 11.2 Å². The lowest BCUT2D eigenvalue weighted by Crippen LogP contribution is -2.42. The molecule has 3 aromatic heterocycles. The molecule has 2 aliphatic heterocycles. The monoisotopic (exact) mass is 482 g/mol. The number of aryl methyl sites for hydroxylation is 1. The van der Waals surface area contributed by atoms with Gasteiger partial charge in [-0.25, -0.2) is 33.4 Å². The number of rotatable bonds is 4. The third-order valence-electron chi connectivity index (χ3n) is 6.65. The number of aromatic nitrogens is 6. The Balaban J connectivity index is 1.28. The van der Waals surface area contributed by atoms with Crippen molar-refractivity contribution in [3.8, 4) is 0 Å². The highest BCUT2D eigenvalue weighted by Gasteiger charge is 2.42. The normalized spacial score (nSPS) is 18.6. The molecule has 0 atom stereocenters. The molecule has 13 heteroatoms. The molecule has 0 N–H and O–H groups in total. The third-order valence-corrected chi connectivity index (χ3v) is 6.65. The minimum absolute atomic E-state index is 0.0251. The van der Waals surface area contributed by atoms with Crippen LogP contribution in [0.3, 0.4) is 0 Å². The van der Waals surface area contributed by atoms with Gasteiger partial charge in [-0.2, -0.15) is 18.3 Å². The largest absolute Gasteiger partial charge is 0.451 e. The quantitative estimate of drug-likeness (QED) is 0.525. The van der Waals surface area contributed by atoms with E-state index in [9.17, 15) is 22.0 Å². The fourth-order valence-electron chi connectivity index (χ4n) is 4.85. The van der Waals surface area contributed by atoms with E-state index in [0.29, 0.717) is 49.0 Å². The van der Waals surface area contributed by atoms with Gasteiger partial charge in [0.05, 0.1) is 12.4 Å². The Hall–Kier alpha value is -3.12. The Morgan fingerprint density at radius 2 is 1.68 bits per heavy atom. The van der Waals surface area contributed by atoms with E-state index in [-0.39, 0.29) is 11.1 Å². The van der Waals surface area contributed by atoms with Crippen molar-refractivity contribution in [3.63, 3.8) is 0 Å². The van der Waals surface area contributed by atoms with Crippen LogP contribution in [0.1, 0.15) is 30.8 Å². The number of nitrogens with zero attached hydrogens (tertiary/aromatic N) is 8. The number of piperidine rings is 1. The number of hydrogen-bond donors (Lipinski definition) is 0. The van der Waals surface area contributed by atoms with Gasteiger partial charge < -0.3 is 9.80 Å². The van der Waals surface area contributed by atoms with Crippen LogP contribution in [0.15, 0.2) is 18.5 Å². The second kappa shape index (κ2) is 8.27. The predicted octanol–water partition coefficient (Wildman–Crippen LogP) is 3.71. The molecular weight excluding hydrogens is 459 g/mol. The van der Waals surface area contributed by atoms with Gasteiger partial charge in [-0.3, -0.25) is 0 Å². The number of fused-ring (bicyclic) bond motifs is 1. The molecule has 2 fully saturated rings. The van der Waals surface area contributed by atoms with Crippen molar-refractivity contribution >= 4 is 22.8 Å². The van der Waals surface area contributed by atoms with Crippen LogP contribution < -0.4 is 9.80 Å². The first kappa shape index (κ1) is 22.7. The molecule has 0 saturated carbocycles. The first-order valence-corrected chi connectivity index (χ1v) is 11.0. The van der Waals surface area contributed by atoms with E-state index >= 15 is 0 Å². The molecule has 0 bridgehead atoms. The summed E-state index contributed by atoms with van der Waals surface area (Å²) in [5.74, 6) is -0.199. The Morgan fingerprint density at radius 3 is 2.35 bits per heavy atom. The number of alkyl halides is 5. The molecule has 1 spiro atoms. The van der Waals surface area contributed by atoms with Crippen molar-refractivity contribution in [2.45, 2.75) is 45.3 Å². The van der Waals surface area contributed by atoms with Crippen molar-refractivity contribution in [2.75, 3.05) is 36.0 Å². The van der Waals surface area contributed by atoms with Crippen LogP contribution in [0.2, 0.25) is 0 Å². The van der Waals surface area contributed by atoms with Crippen molar-refractivity contribution < 1.29 is 22.0 Å². The van der Waals surface area contributed by atoms with Crippen LogP contribution in [0.5, 0.6) is 0 Å². The lowest BCUT2D eigenvalue weighted by molar-refractivity contribution is -0.145. The summed E-state index contributed by atoms with van der Waals surface area (Å²) in [5.41, 5.74) is 1.04. The molecule has 2 saturated heterocycles. The van der Waals surface area contributed by atoms with Crippen LogP contribution in [0.4, 0.5) is 33.6 Å². The molecule has 0 amide bonds. The minimum atomic E-state index is -4.59. The molecule has 2 aliphatic rings. The zero-order chi connectivity index (χ0) is 24.1. The summed E-state index contributed by atoms with van der Waals surface area (Å²) in [4.78, 5) is 20.1. The summed E-state index contributed by atoms with van der Waals surface area (Å²) in [5, 5.41) is 3.95. The molecule has 5 rings (SSSR count). The second-order valence-corrected chi connectivity index (χ2v) is 9.00. The SMILES string of the molecule is Cc1cc(N2CCC3(CCN(c4cnc5cnn(CC(F)F)c5n4)CC3)C2)nc(C(F)(F)F)n1. The van der Waals surface area contributed by atoms with Crippen LogP contribution in [-0.2, 0) is 12.7 Å². The minimum Gasteiger partial charge on any atom is -0.356 e. The maximum Gasteiger partial charge on any atom is 0.451 e. The fourth-order valence-corrected chi connectivity index (χ4v) is 4.85. The van der Waals surface area contributed by atoms with E-state index in [1.165, 1.54) is 13.1 Å². The highest BCUT2D eigenvalue weighted by Crippen LogP contribution is 2.42. The highest BCUT2D eigenvalue weighted by atomic mass is 19.4. The van der Waals surface area contributed by atoms with Gasteiger partial charge >= 0.3 is 6.18 Å². The summed E-state index contributed by atoms with van der Waals surface area (Å²) in [6, 6.07) is 1.59. The summed E-state index contributed by atoms with van der Waals surface area (Å²) in [7, 11) is 0. The zero-order valence-corrected chi connectivity index (χ0v) is 18.4. The van der Waals surface area contributed by atoms with E-state index in [4.69, 9.17) is 0 Å². The average Bonchev–Trinajstić information content (AvgIpc) is 3.37. The smallest absolute Gasteiger partial charge is 0.356 e. The predicted molar refractivity (Wildman–Crippen MR) is 114 cm³/mol. The molecule has 3 aromatic rings. The standard InChI is InChI=1S/C21H23F5N8/c1-13-8-16(31-19(29-13)21(24,25)26)33-7-4-20(12-33)2-5-32(6-3-20)17-10-27-14-9-28-34(11-15(22)23)18(14)30-17/h8-10,15H,2-7,11-12H2,1H3. The Bertz CT molecular complexity index is 1190. The van der Waals surface area contributed by atoms with Gasteiger partial charge in [-0.1, -0.05) is 0 Å². The fraction of sp³-hybridized carbons (Fsp3) is 0.571. The lowest BCUT2D eigenvalue weighted by Gasteiger charge is -2.39. The molecule has 8 nitrogen and oxygen atoms in total. The molecule has 34 heavy (non-hydrogen) atoms. The van der Waals surface area contributed by atoms with E-state index < -0.39 is 25.0 Å². The zero-order valence-electron chi connectivity index (χ0n) is 18.4. The van der Waals surface area contributed by atoms with E-state index in [1.807, 2.05) is 4.90 Å². The van der Waals surface area contributed by atoms with Crippen molar-refractivity contribution in [1.82, 2.24) is 29.7 Å². The number of hydrogen-bond acceptors (Lipinski definition) is 7. The molecule has 0 aliphatic carbocycles. The molecule has 0 radical (unpaired) electrons. The molecule has 5 heterocycles. The Kier molecular flexibility index (Phi) is 5.52. The summed E-state index contributed by atoms with van der Waals surface area (Å²) < 4.78 is 66.2. The molecule has 0 unspecified atom stereocenters. The highest BCUT2D eigenvalue weighted by molar-refractivity contribution is 5.71. The van der Waals surface area contributed by atoms with Crippen molar-refractivity contribution in [3.05, 3.63) is 30.0 Å². The first-order chi connectivity index (χ1) is 16.1. The average molecular weight is 482 g/mol. The number of halogens is 5. The topological polar surface area (TPSA) is 75.9 Å². The van der Waals surface area contributed by atoms with Gasteiger partial charge in [0.2, 0.25) is 5.82 Å². The van der Waals surface area contributed by atoms with Gasteiger partial charge in [0.25, 0.3) is 6.43 Å². The third kappa shape index (κ3) is 4.34. The molecular formula is C21H23F5N8. The lowest BCUT2D eigenvalue weighted by atomic mass is 9.78. The number of anilines is 2.